The number of hydrogen-bond donors (Lipinski definition) is 0. The maximum Gasteiger partial charge on any atom is 0.335 e. The van der Waals surface area contributed by atoms with Gasteiger partial charge in [-0.25, -0.2) is 4.79 Å². The molecule has 2 aromatic carbocycles. The van der Waals surface area contributed by atoms with Crippen LogP contribution in [0.1, 0.15) is 51.0 Å². The summed E-state index contributed by atoms with van der Waals surface area (Å²) in [6.07, 6.45) is 10.3. The Bertz CT molecular complexity index is 653. The van der Waals surface area contributed by atoms with Gasteiger partial charge in [-0.3, -0.25) is 0 Å². The summed E-state index contributed by atoms with van der Waals surface area (Å²) in [5.41, 5.74) is 3.69. The maximum atomic E-state index is 11.2. The van der Waals surface area contributed by atoms with E-state index in [-0.39, 0.29) is 0 Å². The van der Waals surface area contributed by atoms with Gasteiger partial charge in [-0.05, 0) is 41.7 Å². The highest BCUT2D eigenvalue weighted by molar-refractivity contribution is 5.83. The molecule has 0 N–H and O–H groups in total. The molecule has 0 aliphatic heterocycles. The zero-order chi connectivity index (χ0) is 17.9. The predicted molar refractivity (Wildman–Crippen MR) is 105 cm³/mol. The topological polar surface area (TPSA) is 26.3 Å². The molecule has 0 aliphatic carbocycles. The first-order valence-corrected chi connectivity index (χ1v) is 9.26. The van der Waals surface area contributed by atoms with Gasteiger partial charge in [0.25, 0.3) is 0 Å². The molecule has 0 saturated carbocycles. The van der Waals surface area contributed by atoms with E-state index >= 15 is 0 Å². The first kappa shape index (κ1) is 19.0. The molecule has 0 saturated heterocycles. The third kappa shape index (κ3) is 6.58. The molecule has 2 nitrogen and oxygen atoms in total. The largest absolute Gasteiger partial charge is 0.423 e. The summed E-state index contributed by atoms with van der Waals surface area (Å²) >= 11 is 0. The van der Waals surface area contributed by atoms with Crippen LogP contribution in [-0.4, -0.2) is 5.97 Å². The molecule has 2 rings (SSSR count). The van der Waals surface area contributed by atoms with Crippen molar-refractivity contribution in [3.05, 3.63) is 66.7 Å². The minimum Gasteiger partial charge on any atom is -0.423 e. The Hall–Kier alpha value is -2.35. The fraction of sp³-hybridized carbons (Fsp3) is 0.348. The summed E-state index contributed by atoms with van der Waals surface area (Å²) in [5.74, 6) is 0.0974. The third-order valence-electron chi connectivity index (χ3n) is 4.35. The number of rotatable bonds is 10. The highest BCUT2D eigenvalue weighted by Crippen LogP contribution is 2.23. The molecule has 0 bridgehead atoms. The molecule has 0 spiro atoms. The molecule has 25 heavy (non-hydrogen) atoms. The summed E-state index contributed by atoms with van der Waals surface area (Å²) in [5, 5.41) is 0. The van der Waals surface area contributed by atoms with Gasteiger partial charge in [0.2, 0.25) is 0 Å². The Morgan fingerprint density at radius 2 is 1.44 bits per heavy atom. The lowest BCUT2D eigenvalue weighted by atomic mass is 10.0. The second-order valence-corrected chi connectivity index (χ2v) is 6.36. The minimum absolute atomic E-state index is 0.438. The van der Waals surface area contributed by atoms with Crippen molar-refractivity contribution in [1.82, 2.24) is 0 Å². The number of unbranched alkanes of at least 4 members (excludes halogenated alkanes) is 5. The van der Waals surface area contributed by atoms with Crippen LogP contribution >= 0.6 is 0 Å². The monoisotopic (exact) mass is 336 g/mol. The van der Waals surface area contributed by atoms with Crippen LogP contribution in [0.15, 0.2) is 61.2 Å². The lowest BCUT2D eigenvalue weighted by molar-refractivity contribution is -0.128. The van der Waals surface area contributed by atoms with Crippen molar-refractivity contribution in [2.24, 2.45) is 0 Å². The Balaban J connectivity index is 1.84. The smallest absolute Gasteiger partial charge is 0.335 e. The summed E-state index contributed by atoms with van der Waals surface area (Å²) in [6, 6.07) is 16.3. The molecular weight excluding hydrogens is 308 g/mol. The normalized spacial score (nSPS) is 10.4. The summed E-state index contributed by atoms with van der Waals surface area (Å²) < 4.78 is 5.10. The molecule has 2 aromatic rings. The molecule has 132 valence electrons. The average Bonchev–Trinajstić information content (AvgIpc) is 2.65. The number of esters is 1. The Morgan fingerprint density at radius 3 is 2.04 bits per heavy atom. The number of benzene rings is 2. The molecular formula is C23H28O2. The number of hydrogen-bond acceptors (Lipinski definition) is 2. The van der Waals surface area contributed by atoms with Gasteiger partial charge in [0, 0.05) is 6.08 Å². The van der Waals surface area contributed by atoms with Crippen LogP contribution in [0.3, 0.4) is 0 Å². The standard InChI is InChI=1S/C23H28O2/c1-3-5-6-7-8-9-10-19-11-13-20(14-12-19)21-15-17-22(18-16-21)25-23(24)4-2/h4,11-18H,2-3,5-10H2,1H3. The lowest BCUT2D eigenvalue weighted by Crippen LogP contribution is -2.02. The summed E-state index contributed by atoms with van der Waals surface area (Å²) in [7, 11) is 0. The van der Waals surface area contributed by atoms with E-state index in [9.17, 15) is 4.79 Å². The van der Waals surface area contributed by atoms with Crippen molar-refractivity contribution in [2.45, 2.75) is 51.9 Å². The van der Waals surface area contributed by atoms with Crippen LogP contribution in [0.25, 0.3) is 11.1 Å². The van der Waals surface area contributed by atoms with Gasteiger partial charge < -0.3 is 4.74 Å². The van der Waals surface area contributed by atoms with Gasteiger partial charge in [-0.1, -0.05) is 82.0 Å². The fourth-order valence-electron chi connectivity index (χ4n) is 2.85. The minimum atomic E-state index is -0.438. The van der Waals surface area contributed by atoms with E-state index in [1.54, 1.807) is 12.1 Å². The Morgan fingerprint density at radius 1 is 0.880 bits per heavy atom. The van der Waals surface area contributed by atoms with Gasteiger partial charge in [-0.15, -0.1) is 0 Å². The highest BCUT2D eigenvalue weighted by atomic mass is 16.5. The first-order chi connectivity index (χ1) is 12.2. The molecule has 0 heterocycles. The predicted octanol–water partition coefficient (Wildman–Crippen LogP) is 6.35. The van der Waals surface area contributed by atoms with Crippen molar-refractivity contribution in [3.8, 4) is 16.9 Å². The van der Waals surface area contributed by atoms with Crippen molar-refractivity contribution in [1.29, 1.82) is 0 Å². The van der Waals surface area contributed by atoms with E-state index in [4.69, 9.17) is 4.74 Å². The summed E-state index contributed by atoms with van der Waals surface area (Å²) in [6.45, 7) is 5.65. The van der Waals surface area contributed by atoms with Gasteiger partial charge in [0.05, 0.1) is 0 Å². The number of carbonyl (C=O) groups is 1. The van der Waals surface area contributed by atoms with Crippen molar-refractivity contribution < 1.29 is 9.53 Å². The maximum absolute atomic E-state index is 11.2. The molecule has 0 aromatic heterocycles. The Kier molecular flexibility index (Phi) is 7.97. The molecule has 0 unspecified atom stereocenters. The average molecular weight is 336 g/mol. The van der Waals surface area contributed by atoms with Crippen LogP contribution in [0.2, 0.25) is 0 Å². The zero-order valence-electron chi connectivity index (χ0n) is 15.2. The van der Waals surface area contributed by atoms with E-state index in [2.05, 4.69) is 37.8 Å². The van der Waals surface area contributed by atoms with Crippen LogP contribution in [0, 0.1) is 0 Å². The molecule has 0 radical (unpaired) electrons. The van der Waals surface area contributed by atoms with Gasteiger partial charge in [0.1, 0.15) is 5.75 Å². The first-order valence-electron chi connectivity index (χ1n) is 9.26. The van der Waals surface area contributed by atoms with Crippen molar-refractivity contribution in [3.63, 3.8) is 0 Å². The van der Waals surface area contributed by atoms with E-state index in [0.717, 1.165) is 18.1 Å². The molecule has 2 heteroatoms. The van der Waals surface area contributed by atoms with E-state index in [0.29, 0.717) is 5.75 Å². The van der Waals surface area contributed by atoms with Crippen LogP contribution < -0.4 is 4.74 Å². The second kappa shape index (κ2) is 10.5. The van der Waals surface area contributed by atoms with Crippen molar-refractivity contribution in [2.75, 3.05) is 0 Å². The van der Waals surface area contributed by atoms with Gasteiger partial charge in [0.15, 0.2) is 0 Å². The number of ether oxygens (including phenoxy) is 1. The summed E-state index contributed by atoms with van der Waals surface area (Å²) in [4.78, 5) is 11.2. The van der Waals surface area contributed by atoms with E-state index in [1.807, 2.05) is 12.1 Å². The molecule has 0 aliphatic rings. The number of aryl methyl sites for hydroxylation is 1. The van der Waals surface area contributed by atoms with Crippen LogP contribution in [-0.2, 0) is 11.2 Å². The number of carbonyl (C=O) groups excluding carboxylic acids is 1. The van der Waals surface area contributed by atoms with Crippen LogP contribution in [0.4, 0.5) is 0 Å². The Labute approximate surface area is 151 Å². The highest BCUT2D eigenvalue weighted by Gasteiger charge is 2.02. The quantitative estimate of drug-likeness (QED) is 0.219. The van der Waals surface area contributed by atoms with Gasteiger partial charge >= 0.3 is 5.97 Å². The third-order valence-corrected chi connectivity index (χ3v) is 4.35. The van der Waals surface area contributed by atoms with E-state index in [1.165, 1.54) is 49.7 Å². The second-order valence-electron chi connectivity index (χ2n) is 6.36. The fourth-order valence-corrected chi connectivity index (χ4v) is 2.85. The zero-order valence-corrected chi connectivity index (χ0v) is 15.2. The molecule has 0 atom stereocenters. The van der Waals surface area contributed by atoms with Crippen molar-refractivity contribution >= 4 is 5.97 Å². The van der Waals surface area contributed by atoms with Gasteiger partial charge in [-0.2, -0.15) is 0 Å². The molecule has 0 fully saturated rings. The molecule has 0 amide bonds. The van der Waals surface area contributed by atoms with Crippen LogP contribution in [0.5, 0.6) is 5.75 Å². The lowest BCUT2D eigenvalue weighted by Gasteiger charge is -2.06. The van der Waals surface area contributed by atoms with E-state index < -0.39 is 5.97 Å². The SMILES string of the molecule is C=CC(=O)Oc1ccc(-c2ccc(CCCCCCCC)cc2)cc1.